The molecule has 0 fully saturated rings. The van der Waals surface area contributed by atoms with Crippen molar-refractivity contribution in [1.82, 2.24) is 0 Å². The monoisotopic (exact) mass is 329 g/mol. The highest BCUT2D eigenvalue weighted by Crippen LogP contribution is 2.55. The molecule has 22 heavy (non-hydrogen) atoms. The summed E-state index contributed by atoms with van der Waals surface area (Å²) in [4.78, 5) is 20.0. The van der Waals surface area contributed by atoms with Gasteiger partial charge in [-0.3, -0.25) is 0 Å². The van der Waals surface area contributed by atoms with Gasteiger partial charge in [-0.05, 0) is 46.6 Å². The van der Waals surface area contributed by atoms with E-state index >= 15 is 0 Å². The van der Waals surface area contributed by atoms with E-state index < -0.39 is 7.94 Å². The quantitative estimate of drug-likeness (QED) is 0.722. The standard InChI is InChI=1S/C17H29O4P/c1-8-21-22(19,20)11-12-9-13(16(2,3)4)15(18)14(10-12)17(5,6)7/h9-10,19-20H,8,11H2,1-7H3/p+1. The molecule has 0 heterocycles. The number of phenolic OH excluding ortho intramolecular Hbond substituents is 1. The van der Waals surface area contributed by atoms with Crippen LogP contribution in [-0.4, -0.2) is 21.5 Å². The van der Waals surface area contributed by atoms with Gasteiger partial charge in [-0.25, -0.2) is 0 Å². The SMILES string of the molecule is CCO[P+](O)(O)Cc1cc(C(C)(C)C)c(O)c(C(C)(C)C)c1. The molecule has 0 unspecified atom stereocenters. The molecule has 0 aliphatic heterocycles. The Bertz CT molecular complexity index is 489. The lowest BCUT2D eigenvalue weighted by molar-refractivity contribution is 0.239. The van der Waals surface area contributed by atoms with Crippen molar-refractivity contribution in [3.05, 3.63) is 28.8 Å². The Morgan fingerprint density at radius 2 is 1.36 bits per heavy atom. The molecule has 1 rings (SSSR count). The van der Waals surface area contributed by atoms with Crippen LogP contribution in [-0.2, 0) is 21.5 Å². The Morgan fingerprint density at radius 3 is 1.68 bits per heavy atom. The third-order valence-corrected chi connectivity index (χ3v) is 4.96. The molecule has 5 heteroatoms. The van der Waals surface area contributed by atoms with Gasteiger partial charge in [-0.15, -0.1) is 0 Å². The fraction of sp³-hybridized carbons (Fsp3) is 0.647. The summed E-state index contributed by atoms with van der Waals surface area (Å²) in [5, 5.41) is 10.6. The first-order valence-corrected chi connectivity index (χ1v) is 9.42. The van der Waals surface area contributed by atoms with Crippen molar-refractivity contribution in [3.8, 4) is 5.75 Å². The Hall–Kier alpha value is -0.670. The summed E-state index contributed by atoms with van der Waals surface area (Å²) in [5.74, 6) is 0.292. The molecule has 0 bridgehead atoms. The number of hydrogen-bond donors (Lipinski definition) is 3. The second-order valence-electron chi connectivity index (χ2n) is 7.78. The topological polar surface area (TPSA) is 69.9 Å². The molecule has 0 atom stereocenters. The summed E-state index contributed by atoms with van der Waals surface area (Å²) in [6.07, 6.45) is 0.0628. The van der Waals surface area contributed by atoms with Crippen LogP contribution in [0.4, 0.5) is 0 Å². The van der Waals surface area contributed by atoms with E-state index in [-0.39, 0.29) is 23.6 Å². The second-order valence-corrected chi connectivity index (χ2v) is 9.68. The van der Waals surface area contributed by atoms with Crippen molar-refractivity contribution < 1.29 is 19.4 Å². The first-order valence-electron chi connectivity index (χ1n) is 7.63. The van der Waals surface area contributed by atoms with Crippen LogP contribution in [0.15, 0.2) is 12.1 Å². The van der Waals surface area contributed by atoms with Crippen LogP contribution in [0.3, 0.4) is 0 Å². The Labute approximate surface area is 134 Å². The molecule has 4 nitrogen and oxygen atoms in total. The lowest BCUT2D eigenvalue weighted by Crippen LogP contribution is -2.18. The molecule has 0 aromatic heterocycles. The van der Waals surface area contributed by atoms with Gasteiger partial charge >= 0.3 is 7.94 Å². The summed E-state index contributed by atoms with van der Waals surface area (Å²) in [5.41, 5.74) is 1.92. The molecule has 1 aromatic carbocycles. The van der Waals surface area contributed by atoms with E-state index in [0.717, 1.165) is 16.7 Å². The lowest BCUT2D eigenvalue weighted by Gasteiger charge is -2.28. The predicted octanol–water partition coefficient (Wildman–Crippen LogP) is 4.27. The minimum absolute atomic E-state index is 0.0628. The maximum atomic E-state index is 10.6. The number of aromatic hydroxyl groups is 1. The van der Waals surface area contributed by atoms with E-state index in [1.165, 1.54) is 0 Å². The normalized spacial score (nSPS) is 13.5. The zero-order valence-corrected chi connectivity index (χ0v) is 15.7. The van der Waals surface area contributed by atoms with Crippen LogP contribution in [0, 0.1) is 0 Å². The van der Waals surface area contributed by atoms with E-state index in [4.69, 9.17) is 4.52 Å². The molecule has 1 aromatic rings. The van der Waals surface area contributed by atoms with Gasteiger partial charge in [0.2, 0.25) is 0 Å². The Morgan fingerprint density at radius 1 is 0.955 bits per heavy atom. The van der Waals surface area contributed by atoms with Crippen LogP contribution in [0.25, 0.3) is 0 Å². The minimum Gasteiger partial charge on any atom is -0.507 e. The van der Waals surface area contributed by atoms with E-state index in [1.54, 1.807) is 6.92 Å². The zero-order valence-electron chi connectivity index (χ0n) is 14.8. The van der Waals surface area contributed by atoms with Crippen LogP contribution < -0.4 is 0 Å². The highest BCUT2D eigenvalue weighted by molar-refractivity contribution is 7.58. The summed E-state index contributed by atoms with van der Waals surface area (Å²) in [6.45, 7) is 14.2. The lowest BCUT2D eigenvalue weighted by atomic mass is 9.78. The van der Waals surface area contributed by atoms with Crippen LogP contribution in [0.1, 0.15) is 65.2 Å². The van der Waals surface area contributed by atoms with Crippen molar-refractivity contribution in [2.75, 3.05) is 6.61 Å². The average Bonchev–Trinajstić information content (AvgIpc) is 2.27. The second kappa shape index (κ2) is 6.45. The molecule has 0 aliphatic carbocycles. The van der Waals surface area contributed by atoms with Gasteiger partial charge in [0.25, 0.3) is 0 Å². The highest BCUT2D eigenvalue weighted by atomic mass is 31.2. The van der Waals surface area contributed by atoms with Gasteiger partial charge < -0.3 is 5.11 Å². The largest absolute Gasteiger partial charge is 0.507 e. The van der Waals surface area contributed by atoms with Gasteiger partial charge in [0, 0.05) is 0 Å². The molecule has 0 radical (unpaired) electrons. The van der Waals surface area contributed by atoms with E-state index in [0.29, 0.717) is 5.75 Å². The van der Waals surface area contributed by atoms with E-state index in [1.807, 2.05) is 53.7 Å². The fourth-order valence-corrected chi connectivity index (χ4v) is 3.58. The first-order chi connectivity index (χ1) is 9.78. The van der Waals surface area contributed by atoms with Crippen LogP contribution in [0.5, 0.6) is 5.75 Å². The predicted molar refractivity (Wildman–Crippen MR) is 92.2 cm³/mol. The molecule has 0 saturated carbocycles. The van der Waals surface area contributed by atoms with Crippen LogP contribution in [0.2, 0.25) is 0 Å². The third kappa shape index (κ3) is 4.92. The molecule has 0 saturated heterocycles. The van der Waals surface area contributed by atoms with Crippen molar-refractivity contribution in [3.63, 3.8) is 0 Å². The maximum absolute atomic E-state index is 10.6. The molecule has 126 valence electrons. The van der Waals surface area contributed by atoms with Gasteiger partial charge in [0.1, 0.15) is 5.75 Å². The van der Waals surface area contributed by atoms with Crippen LogP contribution >= 0.6 is 7.94 Å². The van der Waals surface area contributed by atoms with Gasteiger partial charge in [0.15, 0.2) is 6.16 Å². The maximum Gasteiger partial charge on any atom is 0.410 e. The average molecular weight is 329 g/mol. The Kier molecular flexibility index (Phi) is 5.68. The van der Waals surface area contributed by atoms with Gasteiger partial charge in [-0.1, -0.05) is 41.5 Å². The summed E-state index contributed by atoms with van der Waals surface area (Å²) in [7, 11) is -3.41. The number of hydrogen-bond acceptors (Lipinski definition) is 4. The Balaban J connectivity index is 3.42. The molecule has 3 N–H and O–H groups in total. The fourth-order valence-electron chi connectivity index (χ4n) is 2.42. The zero-order chi connectivity index (χ0) is 17.3. The molecular weight excluding hydrogens is 299 g/mol. The number of benzene rings is 1. The molecule has 0 aliphatic rings. The van der Waals surface area contributed by atoms with Crippen molar-refractivity contribution in [2.45, 2.75) is 65.5 Å². The molecular formula is C17H30O4P+. The molecule has 0 amide bonds. The summed E-state index contributed by atoms with van der Waals surface area (Å²) >= 11 is 0. The minimum atomic E-state index is -3.41. The first kappa shape index (κ1) is 19.4. The van der Waals surface area contributed by atoms with Gasteiger partial charge in [0.05, 0.1) is 6.61 Å². The van der Waals surface area contributed by atoms with E-state index in [9.17, 15) is 14.9 Å². The van der Waals surface area contributed by atoms with Gasteiger partial charge in [-0.2, -0.15) is 14.3 Å². The summed E-state index contributed by atoms with van der Waals surface area (Å²) < 4.78 is 5.07. The van der Waals surface area contributed by atoms with Crippen molar-refractivity contribution in [1.29, 1.82) is 0 Å². The molecule has 0 spiro atoms. The summed E-state index contributed by atoms with van der Waals surface area (Å²) in [6, 6.07) is 3.70. The van der Waals surface area contributed by atoms with Crippen molar-refractivity contribution >= 4 is 7.94 Å². The smallest absolute Gasteiger partial charge is 0.410 e. The number of phenols is 1. The van der Waals surface area contributed by atoms with E-state index in [2.05, 4.69) is 0 Å². The third-order valence-electron chi connectivity index (χ3n) is 3.51. The highest BCUT2D eigenvalue weighted by Gasteiger charge is 2.37. The van der Waals surface area contributed by atoms with Crippen molar-refractivity contribution in [2.24, 2.45) is 0 Å². The number of rotatable bonds is 4.